The van der Waals surface area contributed by atoms with Crippen LogP contribution in [0.2, 0.25) is 0 Å². The summed E-state index contributed by atoms with van der Waals surface area (Å²) in [4.78, 5) is 15.9. The number of carbonyl (C=O) groups excluding carboxylic acids is 1. The smallest absolute Gasteiger partial charge is 0.219 e. The van der Waals surface area contributed by atoms with E-state index in [9.17, 15) is 4.79 Å². The van der Waals surface area contributed by atoms with E-state index in [-0.39, 0.29) is 12.0 Å². The molecule has 1 aromatic heterocycles. The van der Waals surface area contributed by atoms with Gasteiger partial charge in [-0.3, -0.25) is 14.4 Å². The maximum Gasteiger partial charge on any atom is 0.219 e. The molecular formula is C17H28N4O2. The van der Waals surface area contributed by atoms with Gasteiger partial charge >= 0.3 is 0 Å². The lowest BCUT2D eigenvalue weighted by Gasteiger charge is -2.38. The molecule has 128 valence electrons. The number of aryl methyl sites for hydroxylation is 1. The van der Waals surface area contributed by atoms with Gasteiger partial charge in [0.1, 0.15) is 0 Å². The van der Waals surface area contributed by atoms with Gasteiger partial charge in [0.2, 0.25) is 5.91 Å². The molecular weight excluding hydrogens is 292 g/mol. The fraction of sp³-hybridized carbons (Fsp3) is 0.765. The Morgan fingerprint density at radius 2 is 2.09 bits per heavy atom. The second-order valence-corrected chi connectivity index (χ2v) is 6.94. The summed E-state index contributed by atoms with van der Waals surface area (Å²) >= 11 is 0. The molecule has 2 aliphatic rings. The van der Waals surface area contributed by atoms with Crippen molar-refractivity contribution in [2.24, 2.45) is 5.92 Å². The minimum Gasteiger partial charge on any atom is -0.374 e. The topological polar surface area (TPSA) is 50.6 Å². The summed E-state index contributed by atoms with van der Waals surface area (Å²) in [7, 11) is 0. The summed E-state index contributed by atoms with van der Waals surface area (Å²) in [6.45, 7) is 10.3. The highest BCUT2D eigenvalue weighted by Crippen LogP contribution is 2.20. The molecule has 0 N–H and O–H groups in total. The number of hydrogen-bond acceptors (Lipinski definition) is 4. The zero-order chi connectivity index (χ0) is 16.2. The van der Waals surface area contributed by atoms with Gasteiger partial charge in [-0.05, 0) is 31.2 Å². The SMILES string of the molecule is CC(=O)N1CCC(CN2CCO[C@@H](Cn3cc(C)cn3)C2)CC1. The molecule has 23 heavy (non-hydrogen) atoms. The quantitative estimate of drug-likeness (QED) is 0.835. The first-order valence-electron chi connectivity index (χ1n) is 8.68. The minimum absolute atomic E-state index is 0.212. The van der Waals surface area contributed by atoms with Crippen molar-refractivity contribution in [3.05, 3.63) is 18.0 Å². The minimum atomic E-state index is 0.212. The van der Waals surface area contributed by atoms with E-state index in [0.29, 0.717) is 5.92 Å². The third-order valence-electron chi connectivity index (χ3n) is 4.95. The Morgan fingerprint density at radius 1 is 1.30 bits per heavy atom. The van der Waals surface area contributed by atoms with Gasteiger partial charge in [0.25, 0.3) is 0 Å². The van der Waals surface area contributed by atoms with Crippen LogP contribution >= 0.6 is 0 Å². The lowest BCUT2D eigenvalue weighted by atomic mass is 9.96. The maximum atomic E-state index is 11.4. The molecule has 6 heteroatoms. The largest absolute Gasteiger partial charge is 0.374 e. The highest BCUT2D eigenvalue weighted by molar-refractivity contribution is 5.73. The Bertz CT molecular complexity index is 522. The van der Waals surface area contributed by atoms with Crippen LogP contribution in [-0.4, -0.2) is 70.9 Å². The van der Waals surface area contributed by atoms with Crippen LogP contribution in [0, 0.1) is 12.8 Å². The van der Waals surface area contributed by atoms with Crippen molar-refractivity contribution >= 4 is 5.91 Å². The van der Waals surface area contributed by atoms with Gasteiger partial charge < -0.3 is 9.64 Å². The average Bonchev–Trinajstić information content (AvgIpc) is 2.93. The molecule has 0 saturated carbocycles. The predicted molar refractivity (Wildman–Crippen MR) is 88.1 cm³/mol. The van der Waals surface area contributed by atoms with Crippen LogP contribution in [-0.2, 0) is 16.1 Å². The number of amides is 1. The standard InChI is InChI=1S/C17H28N4O2/c1-14-9-18-21(10-14)13-17-12-19(7-8-23-17)11-16-3-5-20(6-4-16)15(2)22/h9-10,16-17H,3-8,11-13H2,1-2H3/t17-/m1/s1. The molecule has 2 fully saturated rings. The van der Waals surface area contributed by atoms with E-state index >= 15 is 0 Å². The maximum absolute atomic E-state index is 11.4. The molecule has 0 radical (unpaired) electrons. The molecule has 2 saturated heterocycles. The van der Waals surface area contributed by atoms with Gasteiger partial charge in [-0.15, -0.1) is 0 Å². The van der Waals surface area contributed by atoms with E-state index in [2.05, 4.69) is 23.1 Å². The molecule has 0 bridgehead atoms. The first-order chi connectivity index (χ1) is 11.1. The van der Waals surface area contributed by atoms with Crippen LogP contribution in [0.5, 0.6) is 0 Å². The number of aromatic nitrogens is 2. The van der Waals surface area contributed by atoms with Gasteiger partial charge in [-0.2, -0.15) is 5.10 Å². The Hall–Kier alpha value is -1.40. The van der Waals surface area contributed by atoms with Crippen LogP contribution in [0.3, 0.4) is 0 Å². The van der Waals surface area contributed by atoms with Crippen LogP contribution in [0.4, 0.5) is 0 Å². The van der Waals surface area contributed by atoms with Gasteiger partial charge in [0, 0.05) is 45.8 Å². The summed E-state index contributed by atoms with van der Waals surface area (Å²) in [5.41, 5.74) is 1.19. The lowest BCUT2D eigenvalue weighted by molar-refractivity contribution is -0.130. The second-order valence-electron chi connectivity index (χ2n) is 6.94. The highest BCUT2D eigenvalue weighted by atomic mass is 16.5. The van der Waals surface area contributed by atoms with Crippen molar-refractivity contribution in [2.75, 3.05) is 39.3 Å². The third-order valence-corrected chi connectivity index (χ3v) is 4.95. The highest BCUT2D eigenvalue weighted by Gasteiger charge is 2.26. The third kappa shape index (κ3) is 4.54. The van der Waals surface area contributed by atoms with Gasteiger partial charge in [-0.25, -0.2) is 0 Å². The summed E-state index contributed by atoms with van der Waals surface area (Å²) < 4.78 is 7.88. The number of likely N-dealkylation sites (tertiary alicyclic amines) is 1. The zero-order valence-corrected chi connectivity index (χ0v) is 14.3. The van der Waals surface area contributed by atoms with Crippen molar-refractivity contribution in [1.29, 1.82) is 0 Å². The summed E-state index contributed by atoms with van der Waals surface area (Å²) in [6.07, 6.45) is 6.43. The number of ether oxygens (including phenoxy) is 1. The van der Waals surface area contributed by atoms with Crippen molar-refractivity contribution in [1.82, 2.24) is 19.6 Å². The van der Waals surface area contributed by atoms with Crippen molar-refractivity contribution in [3.8, 4) is 0 Å². The fourth-order valence-corrected chi connectivity index (χ4v) is 3.63. The molecule has 2 aliphatic heterocycles. The summed E-state index contributed by atoms with van der Waals surface area (Å²) in [6, 6.07) is 0. The predicted octanol–water partition coefficient (Wildman–Crippen LogP) is 1.15. The Morgan fingerprint density at radius 3 is 2.74 bits per heavy atom. The van der Waals surface area contributed by atoms with Crippen molar-refractivity contribution in [2.45, 2.75) is 39.3 Å². The zero-order valence-electron chi connectivity index (χ0n) is 14.3. The number of nitrogens with zero attached hydrogens (tertiary/aromatic N) is 4. The Kier molecular flexibility index (Phi) is 5.33. The van der Waals surface area contributed by atoms with E-state index in [1.807, 2.05) is 15.8 Å². The summed E-state index contributed by atoms with van der Waals surface area (Å²) in [5, 5.41) is 4.36. The molecule has 3 rings (SSSR count). The van der Waals surface area contributed by atoms with Crippen LogP contribution in [0.15, 0.2) is 12.4 Å². The molecule has 0 unspecified atom stereocenters. The van der Waals surface area contributed by atoms with Gasteiger partial charge in [0.15, 0.2) is 0 Å². The lowest BCUT2D eigenvalue weighted by Crippen LogP contribution is -2.47. The molecule has 1 amide bonds. The molecule has 1 aromatic rings. The van der Waals surface area contributed by atoms with E-state index < -0.39 is 0 Å². The van der Waals surface area contributed by atoms with Gasteiger partial charge in [0.05, 0.1) is 25.5 Å². The second kappa shape index (κ2) is 7.45. The number of rotatable bonds is 4. The first-order valence-corrected chi connectivity index (χ1v) is 8.68. The first kappa shape index (κ1) is 16.5. The summed E-state index contributed by atoms with van der Waals surface area (Å²) in [5.74, 6) is 0.917. The monoisotopic (exact) mass is 320 g/mol. The molecule has 3 heterocycles. The van der Waals surface area contributed by atoms with Crippen LogP contribution in [0.25, 0.3) is 0 Å². The Labute approximate surface area is 138 Å². The van der Waals surface area contributed by atoms with E-state index in [4.69, 9.17) is 4.74 Å². The van der Waals surface area contributed by atoms with Crippen molar-refractivity contribution < 1.29 is 9.53 Å². The molecule has 0 spiro atoms. The fourth-order valence-electron chi connectivity index (χ4n) is 3.63. The average molecular weight is 320 g/mol. The number of piperidine rings is 1. The molecule has 1 atom stereocenters. The molecule has 0 aliphatic carbocycles. The van der Waals surface area contributed by atoms with E-state index in [1.54, 1.807) is 6.92 Å². The number of hydrogen-bond donors (Lipinski definition) is 0. The Balaban J connectivity index is 1.44. The van der Waals surface area contributed by atoms with Crippen LogP contribution in [0.1, 0.15) is 25.3 Å². The number of carbonyl (C=O) groups is 1. The van der Waals surface area contributed by atoms with Crippen LogP contribution < -0.4 is 0 Å². The van der Waals surface area contributed by atoms with Crippen molar-refractivity contribution in [3.63, 3.8) is 0 Å². The molecule has 0 aromatic carbocycles. The number of morpholine rings is 1. The van der Waals surface area contributed by atoms with Gasteiger partial charge in [-0.1, -0.05) is 0 Å². The molecule has 6 nitrogen and oxygen atoms in total. The normalized spacial score (nSPS) is 24.1. The van der Waals surface area contributed by atoms with E-state index in [0.717, 1.165) is 58.7 Å². The van der Waals surface area contributed by atoms with E-state index in [1.165, 1.54) is 5.56 Å².